The van der Waals surface area contributed by atoms with Crippen molar-refractivity contribution in [3.8, 4) is 5.75 Å². The van der Waals surface area contributed by atoms with Crippen LogP contribution in [-0.2, 0) is 0 Å². The molecule has 0 saturated heterocycles. The van der Waals surface area contributed by atoms with Crippen LogP contribution in [0.5, 0.6) is 5.75 Å². The minimum Gasteiger partial charge on any atom is -0.507 e. The van der Waals surface area contributed by atoms with E-state index in [-0.39, 0.29) is 11.3 Å². The Balaban J connectivity index is 3.34. The van der Waals surface area contributed by atoms with Gasteiger partial charge in [-0.05, 0) is 18.6 Å². The molecule has 13 heavy (non-hydrogen) atoms. The quantitative estimate of drug-likeness (QED) is 0.638. The first-order valence-electron chi connectivity index (χ1n) is 3.84. The molecule has 1 unspecified atom stereocenters. The summed E-state index contributed by atoms with van der Waals surface area (Å²) in [4.78, 5) is 10.7. The monoisotopic (exact) mass is 181 g/mol. The van der Waals surface area contributed by atoms with Crippen LogP contribution in [0.4, 0.5) is 0 Å². The van der Waals surface area contributed by atoms with Crippen LogP contribution in [0.25, 0.3) is 0 Å². The van der Waals surface area contributed by atoms with E-state index in [4.69, 9.17) is 10.8 Å². The van der Waals surface area contributed by atoms with Crippen molar-refractivity contribution in [2.75, 3.05) is 0 Å². The van der Waals surface area contributed by atoms with Gasteiger partial charge in [0.1, 0.15) is 11.3 Å². The molecule has 0 aromatic heterocycles. The van der Waals surface area contributed by atoms with E-state index in [1.54, 1.807) is 19.1 Å². The average Bonchev–Trinajstić information content (AvgIpc) is 2.02. The maximum Gasteiger partial charge on any atom is 0.339 e. The van der Waals surface area contributed by atoms with Gasteiger partial charge in [0.15, 0.2) is 0 Å². The summed E-state index contributed by atoms with van der Waals surface area (Å²) in [5, 5.41) is 18.1. The van der Waals surface area contributed by atoms with Gasteiger partial charge in [-0.2, -0.15) is 0 Å². The fraction of sp³-hybridized carbons (Fsp3) is 0.222. The average molecular weight is 181 g/mol. The van der Waals surface area contributed by atoms with Crippen LogP contribution in [0.3, 0.4) is 0 Å². The van der Waals surface area contributed by atoms with Crippen molar-refractivity contribution in [2.24, 2.45) is 5.73 Å². The van der Waals surface area contributed by atoms with E-state index in [0.717, 1.165) is 0 Å². The second-order valence-corrected chi connectivity index (χ2v) is 2.84. The zero-order valence-corrected chi connectivity index (χ0v) is 7.19. The van der Waals surface area contributed by atoms with Crippen molar-refractivity contribution in [1.82, 2.24) is 0 Å². The molecule has 1 aromatic rings. The predicted octanol–water partition coefficient (Wildman–Crippen LogP) is 1.11. The highest BCUT2D eigenvalue weighted by atomic mass is 16.4. The SMILES string of the molecule is CC(N)c1cccc(O)c1C(=O)O. The van der Waals surface area contributed by atoms with Gasteiger partial charge in [0.05, 0.1) is 0 Å². The second-order valence-electron chi connectivity index (χ2n) is 2.84. The molecule has 4 N–H and O–H groups in total. The molecule has 0 aliphatic carbocycles. The van der Waals surface area contributed by atoms with Gasteiger partial charge in [-0.3, -0.25) is 0 Å². The fourth-order valence-electron chi connectivity index (χ4n) is 1.17. The number of nitrogens with two attached hydrogens (primary N) is 1. The summed E-state index contributed by atoms with van der Waals surface area (Å²) in [6.07, 6.45) is 0. The summed E-state index contributed by atoms with van der Waals surface area (Å²) < 4.78 is 0. The number of phenols is 1. The van der Waals surface area contributed by atoms with Crippen LogP contribution in [0, 0.1) is 0 Å². The molecule has 4 nitrogen and oxygen atoms in total. The Morgan fingerprint density at radius 2 is 2.15 bits per heavy atom. The summed E-state index contributed by atoms with van der Waals surface area (Å²) in [6, 6.07) is 4.09. The summed E-state index contributed by atoms with van der Waals surface area (Å²) in [5.74, 6) is -1.41. The third-order valence-electron chi connectivity index (χ3n) is 1.78. The third-order valence-corrected chi connectivity index (χ3v) is 1.78. The van der Waals surface area contributed by atoms with Crippen molar-refractivity contribution < 1.29 is 15.0 Å². The Kier molecular flexibility index (Phi) is 2.53. The van der Waals surface area contributed by atoms with E-state index in [1.165, 1.54) is 6.07 Å². The number of aromatic hydroxyl groups is 1. The van der Waals surface area contributed by atoms with Crippen LogP contribution < -0.4 is 5.73 Å². The molecule has 0 spiro atoms. The number of hydrogen-bond acceptors (Lipinski definition) is 3. The van der Waals surface area contributed by atoms with Gasteiger partial charge in [0, 0.05) is 6.04 Å². The first kappa shape index (κ1) is 9.54. The van der Waals surface area contributed by atoms with E-state index in [2.05, 4.69) is 0 Å². The maximum atomic E-state index is 10.7. The molecule has 1 aromatic carbocycles. The van der Waals surface area contributed by atoms with E-state index in [9.17, 15) is 9.90 Å². The Bertz CT molecular complexity index is 334. The van der Waals surface area contributed by atoms with Crippen molar-refractivity contribution in [3.05, 3.63) is 29.3 Å². The van der Waals surface area contributed by atoms with Crippen molar-refractivity contribution in [2.45, 2.75) is 13.0 Å². The number of carboxylic acid groups (broad SMARTS) is 1. The molecule has 0 fully saturated rings. The van der Waals surface area contributed by atoms with E-state index >= 15 is 0 Å². The highest BCUT2D eigenvalue weighted by Crippen LogP contribution is 2.24. The van der Waals surface area contributed by atoms with Gasteiger partial charge in [-0.25, -0.2) is 4.79 Å². The van der Waals surface area contributed by atoms with E-state index < -0.39 is 12.0 Å². The molecule has 0 radical (unpaired) electrons. The summed E-state index contributed by atoms with van der Waals surface area (Å²) >= 11 is 0. The van der Waals surface area contributed by atoms with E-state index in [1.807, 2.05) is 0 Å². The third kappa shape index (κ3) is 1.78. The van der Waals surface area contributed by atoms with E-state index in [0.29, 0.717) is 5.56 Å². The van der Waals surface area contributed by atoms with Gasteiger partial charge >= 0.3 is 5.97 Å². The lowest BCUT2D eigenvalue weighted by Crippen LogP contribution is -2.11. The number of carboxylic acids is 1. The second kappa shape index (κ2) is 3.45. The maximum absolute atomic E-state index is 10.7. The number of benzene rings is 1. The van der Waals surface area contributed by atoms with Gasteiger partial charge in [-0.1, -0.05) is 12.1 Å². The highest BCUT2D eigenvalue weighted by molar-refractivity contribution is 5.92. The first-order chi connectivity index (χ1) is 6.04. The molecule has 0 aliphatic rings. The molecule has 0 heterocycles. The summed E-state index contributed by atoms with van der Waals surface area (Å²) in [5.41, 5.74) is 5.87. The lowest BCUT2D eigenvalue weighted by Gasteiger charge is -2.10. The largest absolute Gasteiger partial charge is 0.507 e. The van der Waals surface area contributed by atoms with Gasteiger partial charge in [-0.15, -0.1) is 0 Å². The molecular weight excluding hydrogens is 170 g/mol. The number of hydrogen-bond donors (Lipinski definition) is 3. The zero-order chi connectivity index (χ0) is 10.0. The Morgan fingerprint density at radius 3 is 2.54 bits per heavy atom. The molecule has 4 heteroatoms. The number of aromatic carboxylic acids is 1. The zero-order valence-electron chi connectivity index (χ0n) is 7.19. The minimum atomic E-state index is -1.16. The Labute approximate surface area is 75.6 Å². The molecule has 0 bridgehead atoms. The lowest BCUT2D eigenvalue weighted by atomic mass is 10.0. The smallest absolute Gasteiger partial charge is 0.339 e. The highest BCUT2D eigenvalue weighted by Gasteiger charge is 2.16. The molecule has 70 valence electrons. The normalized spacial score (nSPS) is 12.5. The van der Waals surface area contributed by atoms with Crippen LogP contribution in [0.2, 0.25) is 0 Å². The van der Waals surface area contributed by atoms with Gasteiger partial charge < -0.3 is 15.9 Å². The van der Waals surface area contributed by atoms with Crippen LogP contribution in [0.15, 0.2) is 18.2 Å². The van der Waals surface area contributed by atoms with Crippen molar-refractivity contribution in [1.29, 1.82) is 0 Å². The van der Waals surface area contributed by atoms with Gasteiger partial charge in [0.25, 0.3) is 0 Å². The standard InChI is InChI=1S/C9H11NO3/c1-5(10)6-3-2-4-7(11)8(6)9(12)13/h2-5,11H,10H2,1H3,(H,12,13). The molecule has 1 rings (SSSR count). The fourth-order valence-corrected chi connectivity index (χ4v) is 1.17. The Hall–Kier alpha value is -1.55. The number of carbonyl (C=O) groups is 1. The molecule has 1 atom stereocenters. The lowest BCUT2D eigenvalue weighted by molar-refractivity contribution is 0.0692. The predicted molar refractivity (Wildman–Crippen MR) is 47.7 cm³/mol. The van der Waals surface area contributed by atoms with Crippen LogP contribution >= 0.6 is 0 Å². The molecular formula is C9H11NO3. The van der Waals surface area contributed by atoms with Gasteiger partial charge in [0.2, 0.25) is 0 Å². The molecule has 0 aliphatic heterocycles. The summed E-state index contributed by atoms with van der Waals surface area (Å²) in [6.45, 7) is 1.67. The molecule has 0 amide bonds. The van der Waals surface area contributed by atoms with Crippen molar-refractivity contribution in [3.63, 3.8) is 0 Å². The summed E-state index contributed by atoms with van der Waals surface area (Å²) in [7, 11) is 0. The minimum absolute atomic E-state index is 0.113. The van der Waals surface area contributed by atoms with Crippen molar-refractivity contribution >= 4 is 5.97 Å². The van der Waals surface area contributed by atoms with Crippen LogP contribution in [0.1, 0.15) is 28.9 Å². The topological polar surface area (TPSA) is 83.5 Å². The first-order valence-corrected chi connectivity index (χ1v) is 3.84. The Morgan fingerprint density at radius 1 is 1.54 bits per heavy atom. The number of rotatable bonds is 2. The molecule has 0 saturated carbocycles. The van der Waals surface area contributed by atoms with Crippen LogP contribution in [-0.4, -0.2) is 16.2 Å².